The fraction of sp³-hybridized carbons (Fsp3) is 0. The first-order valence-electron chi connectivity index (χ1n) is 22.5. The molecule has 14 aromatic rings. The second kappa shape index (κ2) is 16.4. The van der Waals surface area contributed by atoms with E-state index in [1.807, 2.05) is 97.1 Å². The topological polar surface area (TPSA) is 68.7 Å². The highest BCUT2D eigenvalue weighted by atomic mass is 35.5. The summed E-state index contributed by atoms with van der Waals surface area (Å²) in [5.41, 5.74) is 12.3. The zero-order chi connectivity index (χ0) is 47.4. The summed E-state index contributed by atoms with van der Waals surface area (Å²) in [5.74, 6) is 0. The molecule has 0 fully saturated rings. The Morgan fingerprint density at radius 2 is 0.743 bits per heavy atom. The summed E-state index contributed by atoms with van der Waals surface area (Å²) in [7, 11) is 0. The molecule has 0 aliphatic carbocycles. The van der Waals surface area contributed by atoms with Gasteiger partial charge in [-0.05, 0) is 106 Å². The maximum Gasteiger partial charge on any atom is 0.264 e. The molecule has 70 heavy (non-hydrogen) atoms. The monoisotopic (exact) mass is 980 g/mol. The van der Waals surface area contributed by atoms with Crippen LogP contribution in [-0.2, 0) is 0 Å². The van der Waals surface area contributed by atoms with Gasteiger partial charge in [-0.3, -0.25) is 18.4 Å². The van der Waals surface area contributed by atoms with Crippen molar-refractivity contribution in [1.82, 2.24) is 18.8 Å². The third-order valence-electron chi connectivity index (χ3n) is 13.4. The van der Waals surface area contributed by atoms with Crippen LogP contribution in [0.15, 0.2) is 204 Å². The quantitative estimate of drug-likeness (QED) is 0.176. The highest BCUT2D eigenvalue weighted by Crippen LogP contribution is 2.42. The molecule has 14 rings (SSSR count). The van der Waals surface area contributed by atoms with Crippen molar-refractivity contribution >= 4 is 123 Å². The van der Waals surface area contributed by atoms with E-state index in [0.29, 0.717) is 52.9 Å². The van der Waals surface area contributed by atoms with Crippen LogP contribution in [0.25, 0.3) is 121 Å². The van der Waals surface area contributed by atoms with Crippen LogP contribution in [0.5, 0.6) is 0 Å². The van der Waals surface area contributed by atoms with Gasteiger partial charge < -0.3 is 0 Å². The molecule has 0 aliphatic rings. The lowest BCUT2D eigenvalue weighted by atomic mass is 9.97. The minimum absolute atomic E-state index is 0.136. The normalized spacial score (nSPS) is 11.8. The molecule has 0 amide bonds. The van der Waals surface area contributed by atoms with E-state index in [2.05, 4.69) is 72.8 Å². The zero-order valence-corrected chi connectivity index (χ0v) is 39.6. The third kappa shape index (κ3) is 6.49. The minimum Gasteiger partial charge on any atom is -0.268 e. The Labute approximate surface area is 418 Å². The summed E-state index contributed by atoms with van der Waals surface area (Å²) < 4.78 is 3.47. The van der Waals surface area contributed by atoms with E-state index in [-0.39, 0.29) is 11.1 Å². The van der Waals surface area contributed by atoms with Crippen LogP contribution in [0.1, 0.15) is 0 Å². The standard InChI is InChI=1S/2C30H16Cl2N2O/c31-23-13-11-20-26-21(12-14-24(32)27(23)26)30(35)34-25-16-19(17-7-3-1-4-8-17)15-22(28(25)33-29(20)34)18-9-5-2-6-10-18;31-23-13-11-20-26-21(12-14-24(32)27(23)26)30(35)34-28-22(18-9-5-2-6-10-18)15-19(16-25(28)33-29(20)34)17-7-3-1-4-8-17/h2*1-16H. The molecule has 0 N–H and O–H groups in total. The van der Waals surface area contributed by atoms with Gasteiger partial charge in [0.05, 0.1) is 22.1 Å². The van der Waals surface area contributed by atoms with Crippen molar-refractivity contribution in [2.75, 3.05) is 0 Å². The van der Waals surface area contributed by atoms with Gasteiger partial charge in [-0.1, -0.05) is 168 Å². The van der Waals surface area contributed by atoms with E-state index in [0.717, 1.165) is 88.1 Å². The van der Waals surface area contributed by atoms with Crippen molar-refractivity contribution in [2.24, 2.45) is 0 Å². The summed E-state index contributed by atoms with van der Waals surface area (Å²) in [5, 5.41) is 7.77. The van der Waals surface area contributed by atoms with Crippen LogP contribution in [0.3, 0.4) is 0 Å². The van der Waals surface area contributed by atoms with Gasteiger partial charge in [-0.25, -0.2) is 9.97 Å². The van der Waals surface area contributed by atoms with Gasteiger partial charge >= 0.3 is 0 Å². The van der Waals surface area contributed by atoms with Crippen molar-refractivity contribution in [2.45, 2.75) is 0 Å². The van der Waals surface area contributed by atoms with Gasteiger partial charge in [0.15, 0.2) is 0 Å². The van der Waals surface area contributed by atoms with Gasteiger partial charge in [0.25, 0.3) is 11.1 Å². The Hall–Kier alpha value is -7.84. The predicted molar refractivity (Wildman–Crippen MR) is 292 cm³/mol. The van der Waals surface area contributed by atoms with Crippen molar-refractivity contribution < 1.29 is 0 Å². The lowest BCUT2D eigenvalue weighted by Crippen LogP contribution is -2.13. The van der Waals surface area contributed by atoms with Gasteiger partial charge in [0.2, 0.25) is 0 Å². The highest BCUT2D eigenvalue weighted by Gasteiger charge is 2.24. The Morgan fingerprint density at radius 3 is 1.24 bits per heavy atom. The number of nitrogens with zero attached hydrogens (tertiary/aromatic N) is 4. The number of rotatable bonds is 4. The molecule has 0 saturated carbocycles. The predicted octanol–water partition coefficient (Wildman–Crippen LogP) is 16.5. The Bertz CT molecular complexity index is 4470. The van der Waals surface area contributed by atoms with E-state index in [1.165, 1.54) is 0 Å². The molecule has 0 bridgehead atoms. The van der Waals surface area contributed by atoms with Gasteiger partial charge in [0, 0.05) is 74.3 Å². The van der Waals surface area contributed by atoms with Crippen LogP contribution >= 0.6 is 46.4 Å². The highest BCUT2D eigenvalue weighted by molar-refractivity contribution is 6.45. The van der Waals surface area contributed by atoms with Crippen LogP contribution in [-0.4, -0.2) is 18.8 Å². The number of fused-ring (bicyclic) bond motifs is 8. The molecule has 0 spiro atoms. The largest absolute Gasteiger partial charge is 0.268 e. The molecule has 0 atom stereocenters. The smallest absolute Gasteiger partial charge is 0.264 e. The molecule has 0 aliphatic heterocycles. The second-order valence-electron chi connectivity index (χ2n) is 17.3. The number of hydrogen-bond acceptors (Lipinski definition) is 4. The van der Waals surface area contributed by atoms with E-state index in [9.17, 15) is 9.59 Å². The Morgan fingerprint density at radius 1 is 0.343 bits per heavy atom. The van der Waals surface area contributed by atoms with Crippen molar-refractivity contribution in [3.05, 3.63) is 235 Å². The molecule has 10 heteroatoms. The molecule has 0 unspecified atom stereocenters. The number of hydrogen-bond donors (Lipinski definition) is 0. The summed E-state index contributed by atoms with van der Waals surface area (Å²) in [4.78, 5) is 38.0. The van der Waals surface area contributed by atoms with E-state index in [4.69, 9.17) is 56.4 Å². The molecule has 4 heterocycles. The number of benzene rings is 10. The van der Waals surface area contributed by atoms with E-state index < -0.39 is 0 Å². The number of imidazole rings is 2. The second-order valence-corrected chi connectivity index (χ2v) is 18.9. The molecule has 10 aromatic carbocycles. The molecule has 4 aromatic heterocycles. The van der Waals surface area contributed by atoms with Crippen LogP contribution in [0, 0.1) is 0 Å². The summed E-state index contributed by atoms with van der Waals surface area (Å²) >= 11 is 26.0. The lowest BCUT2D eigenvalue weighted by Gasteiger charge is -2.11. The molecule has 0 radical (unpaired) electrons. The Kier molecular flexibility index (Phi) is 9.91. The van der Waals surface area contributed by atoms with Gasteiger partial charge in [-0.2, -0.15) is 0 Å². The van der Waals surface area contributed by atoms with Crippen LogP contribution in [0.4, 0.5) is 0 Å². The third-order valence-corrected chi connectivity index (χ3v) is 14.6. The summed E-state index contributed by atoms with van der Waals surface area (Å²) in [6.45, 7) is 0. The molecule has 332 valence electrons. The zero-order valence-electron chi connectivity index (χ0n) is 36.6. The fourth-order valence-corrected chi connectivity index (χ4v) is 11.4. The van der Waals surface area contributed by atoms with Crippen LogP contribution < -0.4 is 11.1 Å². The Balaban J connectivity index is 0.000000137. The van der Waals surface area contributed by atoms with E-state index >= 15 is 0 Å². The number of halogens is 4. The molecule has 0 saturated heterocycles. The maximum absolute atomic E-state index is 14.0. The summed E-state index contributed by atoms with van der Waals surface area (Å²) in [6, 6.07) is 63.6. The minimum atomic E-state index is -0.136. The maximum atomic E-state index is 14.0. The van der Waals surface area contributed by atoms with Crippen LogP contribution in [0.2, 0.25) is 20.1 Å². The summed E-state index contributed by atoms with van der Waals surface area (Å²) in [6.07, 6.45) is 0. The molecule has 6 nitrogen and oxygen atoms in total. The molecular weight excluding hydrogens is 950 g/mol. The first-order valence-corrected chi connectivity index (χ1v) is 24.0. The number of aromatic nitrogens is 4. The molecular formula is C60H32Cl4N4O2. The van der Waals surface area contributed by atoms with E-state index in [1.54, 1.807) is 33.1 Å². The SMILES string of the molecule is O=c1c2ccc(Cl)c3c(Cl)ccc(c32)c2nc3c(-c4ccccc4)cc(-c4ccccc4)cc3n12.O=c1c2ccc(Cl)c3c(Cl)ccc(c32)c2nc3cc(-c4ccccc4)cc(-c4ccccc4)c3n12. The lowest BCUT2D eigenvalue weighted by molar-refractivity contribution is 1.19. The van der Waals surface area contributed by atoms with Gasteiger partial charge in [0.1, 0.15) is 11.3 Å². The van der Waals surface area contributed by atoms with Gasteiger partial charge in [-0.15, -0.1) is 0 Å². The first-order chi connectivity index (χ1) is 34.2. The average molecular weight is 983 g/mol. The fourth-order valence-electron chi connectivity index (χ4n) is 10.2. The van der Waals surface area contributed by atoms with Crippen molar-refractivity contribution in [3.8, 4) is 44.5 Å². The number of pyridine rings is 2. The van der Waals surface area contributed by atoms with Crippen molar-refractivity contribution in [3.63, 3.8) is 0 Å². The first kappa shape index (κ1) is 42.3. The van der Waals surface area contributed by atoms with Crippen molar-refractivity contribution in [1.29, 1.82) is 0 Å². The average Bonchev–Trinajstić information content (AvgIpc) is 3.99.